The summed E-state index contributed by atoms with van der Waals surface area (Å²) in [6.45, 7) is 5.59. The molecular formula is C25H30N2O6. The van der Waals surface area contributed by atoms with Gasteiger partial charge in [-0.25, -0.2) is 4.79 Å². The average Bonchev–Trinajstić information content (AvgIpc) is 2.81. The van der Waals surface area contributed by atoms with Gasteiger partial charge in [-0.2, -0.15) is 0 Å². The number of nitrogens with zero attached hydrogens (tertiary/aromatic N) is 1. The molecule has 33 heavy (non-hydrogen) atoms. The fraction of sp³-hybridized carbons (Fsp3) is 0.400. The van der Waals surface area contributed by atoms with Crippen LogP contribution in [-0.2, 0) is 16.0 Å². The lowest BCUT2D eigenvalue weighted by Gasteiger charge is -2.32. The van der Waals surface area contributed by atoms with Crippen molar-refractivity contribution in [1.82, 2.24) is 10.2 Å². The fourth-order valence-electron chi connectivity index (χ4n) is 3.65. The van der Waals surface area contributed by atoms with Crippen molar-refractivity contribution in [2.24, 2.45) is 0 Å². The molecule has 3 rings (SSSR count). The molecule has 1 fully saturated rings. The van der Waals surface area contributed by atoms with Gasteiger partial charge in [0.1, 0.15) is 11.5 Å². The molecule has 8 nitrogen and oxygen atoms in total. The number of amides is 2. The SMILES string of the molecule is CCOC(=O)Oc1ccc(C(=O)N2CCC(NC(=O)Cc3ccc(OCC)cc3)CC2)cc1. The van der Waals surface area contributed by atoms with Crippen molar-refractivity contribution >= 4 is 18.0 Å². The van der Waals surface area contributed by atoms with Gasteiger partial charge in [-0.05, 0) is 68.7 Å². The number of ether oxygens (including phenoxy) is 3. The maximum Gasteiger partial charge on any atom is 0.513 e. The number of carbonyl (C=O) groups is 3. The number of piperidine rings is 1. The van der Waals surface area contributed by atoms with Gasteiger partial charge in [0.2, 0.25) is 5.91 Å². The van der Waals surface area contributed by atoms with Crippen LogP contribution in [0.15, 0.2) is 48.5 Å². The molecule has 1 heterocycles. The van der Waals surface area contributed by atoms with Crippen LogP contribution in [0.3, 0.4) is 0 Å². The van der Waals surface area contributed by atoms with E-state index in [-0.39, 0.29) is 24.5 Å². The molecule has 0 spiro atoms. The number of likely N-dealkylation sites (tertiary alicyclic amines) is 1. The molecule has 1 saturated heterocycles. The van der Waals surface area contributed by atoms with Crippen LogP contribution in [0.2, 0.25) is 0 Å². The van der Waals surface area contributed by atoms with Gasteiger partial charge in [-0.1, -0.05) is 12.1 Å². The first-order valence-corrected chi connectivity index (χ1v) is 11.2. The Hall–Kier alpha value is -3.55. The predicted octanol–water partition coefficient (Wildman–Crippen LogP) is 3.58. The molecule has 0 aliphatic carbocycles. The zero-order valence-electron chi connectivity index (χ0n) is 19.0. The van der Waals surface area contributed by atoms with Gasteiger partial charge in [0.25, 0.3) is 5.91 Å². The van der Waals surface area contributed by atoms with Crippen molar-refractivity contribution in [1.29, 1.82) is 0 Å². The highest BCUT2D eigenvalue weighted by Gasteiger charge is 2.24. The van der Waals surface area contributed by atoms with Crippen LogP contribution >= 0.6 is 0 Å². The molecule has 2 aromatic carbocycles. The minimum absolute atomic E-state index is 0.0267. The van der Waals surface area contributed by atoms with E-state index in [1.54, 1.807) is 36.1 Å². The summed E-state index contributed by atoms with van der Waals surface area (Å²) in [5, 5.41) is 3.07. The summed E-state index contributed by atoms with van der Waals surface area (Å²) in [6, 6.07) is 14.0. The van der Waals surface area contributed by atoms with Crippen LogP contribution in [0, 0.1) is 0 Å². The van der Waals surface area contributed by atoms with E-state index in [2.05, 4.69) is 5.32 Å². The van der Waals surface area contributed by atoms with E-state index in [0.717, 1.165) is 11.3 Å². The lowest BCUT2D eigenvalue weighted by Crippen LogP contribution is -2.46. The molecule has 0 saturated carbocycles. The summed E-state index contributed by atoms with van der Waals surface area (Å²) < 4.78 is 15.2. The minimum Gasteiger partial charge on any atom is -0.494 e. The molecule has 0 bridgehead atoms. The third-order valence-electron chi connectivity index (χ3n) is 5.31. The van der Waals surface area contributed by atoms with Crippen molar-refractivity contribution in [2.45, 2.75) is 39.2 Å². The lowest BCUT2D eigenvalue weighted by atomic mass is 10.0. The van der Waals surface area contributed by atoms with E-state index in [1.165, 1.54) is 0 Å². The Kier molecular flexibility index (Phi) is 8.69. The number of carbonyl (C=O) groups excluding carboxylic acids is 3. The zero-order chi connectivity index (χ0) is 23.6. The van der Waals surface area contributed by atoms with Gasteiger partial charge < -0.3 is 24.4 Å². The summed E-state index contributed by atoms with van der Waals surface area (Å²) in [5.74, 6) is 0.997. The summed E-state index contributed by atoms with van der Waals surface area (Å²) in [7, 11) is 0. The third kappa shape index (κ3) is 7.24. The first kappa shape index (κ1) is 24.1. The molecule has 1 aliphatic rings. The van der Waals surface area contributed by atoms with Crippen molar-refractivity contribution in [3.8, 4) is 11.5 Å². The molecule has 1 N–H and O–H groups in total. The Morgan fingerprint density at radius 1 is 0.909 bits per heavy atom. The van der Waals surface area contributed by atoms with Crippen LogP contribution in [0.1, 0.15) is 42.6 Å². The Labute approximate surface area is 193 Å². The van der Waals surface area contributed by atoms with Crippen molar-refractivity contribution < 1.29 is 28.6 Å². The van der Waals surface area contributed by atoms with Crippen molar-refractivity contribution in [3.05, 3.63) is 59.7 Å². The predicted molar refractivity (Wildman–Crippen MR) is 122 cm³/mol. The number of rotatable bonds is 8. The molecule has 0 aromatic heterocycles. The second-order valence-corrected chi connectivity index (χ2v) is 7.70. The second kappa shape index (κ2) is 11.9. The Morgan fingerprint density at radius 2 is 1.55 bits per heavy atom. The summed E-state index contributed by atoms with van der Waals surface area (Å²) in [5.41, 5.74) is 1.45. The van der Waals surface area contributed by atoms with Gasteiger partial charge >= 0.3 is 6.16 Å². The van der Waals surface area contributed by atoms with Crippen LogP contribution in [0.5, 0.6) is 11.5 Å². The van der Waals surface area contributed by atoms with Gasteiger partial charge in [0, 0.05) is 24.7 Å². The van der Waals surface area contributed by atoms with E-state index in [4.69, 9.17) is 14.2 Å². The van der Waals surface area contributed by atoms with Gasteiger partial charge in [0.15, 0.2) is 0 Å². The van der Waals surface area contributed by atoms with Crippen LogP contribution in [-0.4, -0.2) is 55.2 Å². The molecule has 176 valence electrons. The Bertz CT molecular complexity index is 934. The first-order chi connectivity index (χ1) is 16.0. The summed E-state index contributed by atoms with van der Waals surface area (Å²) in [6.07, 6.45) is 0.935. The van der Waals surface area contributed by atoms with Gasteiger partial charge in [0.05, 0.1) is 19.6 Å². The average molecular weight is 455 g/mol. The topological polar surface area (TPSA) is 94.2 Å². The highest BCUT2D eigenvalue weighted by Crippen LogP contribution is 2.18. The van der Waals surface area contributed by atoms with E-state index in [0.29, 0.717) is 50.3 Å². The fourth-order valence-corrected chi connectivity index (χ4v) is 3.65. The number of hydrogen-bond donors (Lipinski definition) is 1. The molecule has 0 radical (unpaired) electrons. The largest absolute Gasteiger partial charge is 0.513 e. The van der Waals surface area contributed by atoms with Crippen LogP contribution < -0.4 is 14.8 Å². The maximum atomic E-state index is 12.8. The minimum atomic E-state index is -0.775. The first-order valence-electron chi connectivity index (χ1n) is 11.2. The number of benzene rings is 2. The molecule has 1 aliphatic heterocycles. The van der Waals surface area contributed by atoms with Gasteiger partial charge in [-0.15, -0.1) is 0 Å². The molecule has 8 heteroatoms. The second-order valence-electron chi connectivity index (χ2n) is 7.70. The van der Waals surface area contributed by atoms with E-state index in [9.17, 15) is 14.4 Å². The monoisotopic (exact) mass is 454 g/mol. The van der Waals surface area contributed by atoms with E-state index in [1.807, 2.05) is 31.2 Å². The molecule has 2 amide bonds. The Balaban J connectivity index is 1.43. The Morgan fingerprint density at radius 3 is 2.15 bits per heavy atom. The third-order valence-corrected chi connectivity index (χ3v) is 5.31. The molecule has 0 atom stereocenters. The zero-order valence-corrected chi connectivity index (χ0v) is 19.0. The standard InChI is InChI=1S/C25H30N2O6/c1-3-31-21-9-5-18(6-10-21)17-23(28)26-20-13-15-27(16-14-20)24(29)19-7-11-22(12-8-19)33-25(30)32-4-2/h5-12,20H,3-4,13-17H2,1-2H3,(H,26,28). The van der Waals surface area contributed by atoms with E-state index < -0.39 is 6.16 Å². The molecular weight excluding hydrogens is 424 g/mol. The van der Waals surface area contributed by atoms with Gasteiger partial charge in [-0.3, -0.25) is 9.59 Å². The normalized spacial score (nSPS) is 13.8. The highest BCUT2D eigenvalue weighted by atomic mass is 16.7. The van der Waals surface area contributed by atoms with Crippen molar-refractivity contribution in [2.75, 3.05) is 26.3 Å². The smallest absolute Gasteiger partial charge is 0.494 e. The summed E-state index contributed by atoms with van der Waals surface area (Å²) >= 11 is 0. The maximum absolute atomic E-state index is 12.8. The van der Waals surface area contributed by atoms with E-state index >= 15 is 0 Å². The lowest BCUT2D eigenvalue weighted by molar-refractivity contribution is -0.121. The highest BCUT2D eigenvalue weighted by molar-refractivity contribution is 5.94. The van der Waals surface area contributed by atoms with Crippen LogP contribution in [0.4, 0.5) is 4.79 Å². The quantitative estimate of drug-likeness (QED) is 0.484. The summed E-state index contributed by atoms with van der Waals surface area (Å²) in [4.78, 5) is 38.3. The number of nitrogens with one attached hydrogen (secondary N) is 1. The number of hydrogen-bond acceptors (Lipinski definition) is 6. The van der Waals surface area contributed by atoms with Crippen molar-refractivity contribution in [3.63, 3.8) is 0 Å². The molecule has 2 aromatic rings. The van der Waals surface area contributed by atoms with Crippen LogP contribution in [0.25, 0.3) is 0 Å². The molecule has 0 unspecified atom stereocenters.